The summed E-state index contributed by atoms with van der Waals surface area (Å²) in [5.41, 5.74) is 1.84. The Hall–Kier alpha value is -2.39. The average Bonchev–Trinajstić information content (AvgIpc) is 2.64. The SMILES string of the molecule is C[C@H](c1ccccc1)[C@H](c1ccccc1)S(=O)(=O)c1ccccc1. The van der Waals surface area contributed by atoms with Gasteiger partial charge in [0.2, 0.25) is 0 Å². The van der Waals surface area contributed by atoms with Crippen LogP contribution in [0.3, 0.4) is 0 Å². The van der Waals surface area contributed by atoms with E-state index in [2.05, 4.69) is 0 Å². The summed E-state index contributed by atoms with van der Waals surface area (Å²) in [5, 5.41) is -0.622. The van der Waals surface area contributed by atoms with Crippen LogP contribution in [0.4, 0.5) is 0 Å². The Morgan fingerprint density at radius 1 is 0.625 bits per heavy atom. The molecule has 0 radical (unpaired) electrons. The summed E-state index contributed by atoms with van der Waals surface area (Å²) in [6, 6.07) is 28.0. The average molecular weight is 336 g/mol. The highest BCUT2D eigenvalue weighted by atomic mass is 32.2. The van der Waals surface area contributed by atoms with Crippen LogP contribution in [0, 0.1) is 0 Å². The molecule has 3 heteroatoms. The minimum atomic E-state index is -3.50. The molecule has 0 bridgehead atoms. The number of sulfone groups is 1. The first-order chi connectivity index (χ1) is 11.6. The number of rotatable bonds is 5. The molecule has 3 aromatic rings. The maximum Gasteiger partial charge on any atom is 0.185 e. The maximum atomic E-state index is 13.3. The largest absolute Gasteiger partial charge is 0.223 e. The van der Waals surface area contributed by atoms with Crippen molar-refractivity contribution in [2.75, 3.05) is 0 Å². The summed E-state index contributed by atoms with van der Waals surface area (Å²) in [6.07, 6.45) is 0. The topological polar surface area (TPSA) is 34.1 Å². The molecule has 3 rings (SSSR count). The fourth-order valence-corrected chi connectivity index (χ4v) is 5.11. The summed E-state index contributed by atoms with van der Waals surface area (Å²) in [6.45, 7) is 1.98. The molecule has 24 heavy (non-hydrogen) atoms. The Kier molecular flexibility index (Phi) is 4.81. The van der Waals surface area contributed by atoms with Gasteiger partial charge in [-0.05, 0) is 23.3 Å². The Labute approximate surface area is 143 Å². The van der Waals surface area contributed by atoms with E-state index in [1.54, 1.807) is 24.3 Å². The highest BCUT2D eigenvalue weighted by Gasteiger charge is 2.34. The van der Waals surface area contributed by atoms with Crippen LogP contribution in [0.2, 0.25) is 0 Å². The van der Waals surface area contributed by atoms with Crippen LogP contribution in [0.15, 0.2) is 95.9 Å². The Balaban J connectivity index is 2.13. The lowest BCUT2D eigenvalue weighted by Crippen LogP contribution is -2.19. The molecule has 2 atom stereocenters. The molecule has 0 aliphatic carbocycles. The highest BCUT2D eigenvalue weighted by molar-refractivity contribution is 7.91. The fourth-order valence-electron chi connectivity index (χ4n) is 3.07. The minimum absolute atomic E-state index is 0.154. The number of hydrogen-bond acceptors (Lipinski definition) is 2. The van der Waals surface area contributed by atoms with Crippen LogP contribution in [0.25, 0.3) is 0 Å². The minimum Gasteiger partial charge on any atom is -0.223 e. The lowest BCUT2D eigenvalue weighted by Gasteiger charge is -2.25. The fraction of sp³-hybridized carbons (Fsp3) is 0.143. The molecule has 0 saturated heterocycles. The first-order valence-corrected chi connectivity index (χ1v) is 9.54. The summed E-state index contributed by atoms with van der Waals surface area (Å²) in [4.78, 5) is 0.363. The van der Waals surface area contributed by atoms with Gasteiger partial charge >= 0.3 is 0 Å². The van der Waals surface area contributed by atoms with E-state index < -0.39 is 15.1 Å². The van der Waals surface area contributed by atoms with Gasteiger partial charge in [-0.3, -0.25) is 0 Å². The van der Waals surface area contributed by atoms with Crippen molar-refractivity contribution in [3.8, 4) is 0 Å². The van der Waals surface area contributed by atoms with Gasteiger partial charge in [-0.2, -0.15) is 0 Å². The van der Waals surface area contributed by atoms with Crippen molar-refractivity contribution in [3.05, 3.63) is 102 Å². The van der Waals surface area contributed by atoms with Crippen molar-refractivity contribution >= 4 is 9.84 Å². The summed E-state index contributed by atoms with van der Waals surface area (Å²) in [7, 11) is -3.50. The van der Waals surface area contributed by atoms with Crippen LogP contribution in [-0.2, 0) is 9.84 Å². The Morgan fingerprint density at radius 3 is 1.54 bits per heavy atom. The molecule has 0 N–H and O–H groups in total. The molecule has 0 aromatic heterocycles. The van der Waals surface area contributed by atoms with Gasteiger partial charge in [0.15, 0.2) is 9.84 Å². The molecule has 0 unspecified atom stereocenters. The van der Waals surface area contributed by atoms with Gasteiger partial charge in [0.1, 0.15) is 0 Å². The van der Waals surface area contributed by atoms with Crippen molar-refractivity contribution < 1.29 is 8.42 Å². The molecular formula is C21H20O2S. The van der Waals surface area contributed by atoms with E-state index in [0.29, 0.717) is 4.90 Å². The van der Waals surface area contributed by atoms with E-state index in [1.165, 1.54) is 0 Å². The third-order valence-electron chi connectivity index (χ3n) is 4.31. The van der Waals surface area contributed by atoms with Crippen LogP contribution in [-0.4, -0.2) is 8.42 Å². The van der Waals surface area contributed by atoms with Crippen molar-refractivity contribution in [3.63, 3.8) is 0 Å². The van der Waals surface area contributed by atoms with Crippen LogP contribution in [0.1, 0.15) is 29.2 Å². The monoisotopic (exact) mass is 336 g/mol. The van der Waals surface area contributed by atoms with E-state index in [1.807, 2.05) is 73.7 Å². The van der Waals surface area contributed by atoms with Gasteiger partial charge in [0.25, 0.3) is 0 Å². The first kappa shape index (κ1) is 16.5. The standard InChI is InChI=1S/C21H20O2S/c1-17(18-11-5-2-6-12-18)21(19-13-7-3-8-14-19)24(22,23)20-15-9-4-10-16-20/h2-17,21H,1H3/t17-,21-/m1/s1. The first-order valence-electron chi connectivity index (χ1n) is 7.99. The van der Waals surface area contributed by atoms with Gasteiger partial charge in [-0.25, -0.2) is 8.42 Å². The predicted molar refractivity (Wildman–Crippen MR) is 97.7 cm³/mol. The van der Waals surface area contributed by atoms with E-state index in [9.17, 15) is 8.42 Å². The van der Waals surface area contributed by atoms with Gasteiger partial charge in [0.05, 0.1) is 10.1 Å². The van der Waals surface area contributed by atoms with Crippen molar-refractivity contribution in [1.82, 2.24) is 0 Å². The predicted octanol–water partition coefficient (Wildman–Crippen LogP) is 5.01. The second-order valence-corrected chi connectivity index (χ2v) is 7.96. The smallest absolute Gasteiger partial charge is 0.185 e. The molecule has 0 fully saturated rings. The normalized spacial score (nSPS) is 14.0. The molecule has 0 aliphatic heterocycles. The molecular weight excluding hydrogens is 316 g/mol. The second-order valence-electron chi connectivity index (χ2n) is 5.89. The lowest BCUT2D eigenvalue weighted by molar-refractivity contribution is 0.566. The van der Waals surface area contributed by atoms with E-state index in [-0.39, 0.29) is 5.92 Å². The van der Waals surface area contributed by atoms with Crippen LogP contribution in [0.5, 0.6) is 0 Å². The van der Waals surface area contributed by atoms with E-state index in [0.717, 1.165) is 11.1 Å². The van der Waals surface area contributed by atoms with Crippen molar-refractivity contribution in [2.24, 2.45) is 0 Å². The molecule has 3 aromatic carbocycles. The zero-order valence-corrected chi connectivity index (χ0v) is 14.4. The van der Waals surface area contributed by atoms with Gasteiger partial charge in [0, 0.05) is 5.92 Å². The third-order valence-corrected chi connectivity index (χ3v) is 6.59. The highest BCUT2D eigenvalue weighted by Crippen LogP contribution is 2.40. The van der Waals surface area contributed by atoms with Crippen LogP contribution < -0.4 is 0 Å². The Morgan fingerprint density at radius 2 is 1.04 bits per heavy atom. The van der Waals surface area contributed by atoms with Gasteiger partial charge < -0.3 is 0 Å². The zero-order chi connectivity index (χ0) is 17.0. The second kappa shape index (κ2) is 7.02. The van der Waals surface area contributed by atoms with E-state index in [4.69, 9.17) is 0 Å². The quantitative estimate of drug-likeness (QED) is 0.656. The summed E-state index contributed by atoms with van der Waals surface area (Å²) < 4.78 is 26.7. The van der Waals surface area contributed by atoms with Crippen LogP contribution >= 0.6 is 0 Å². The molecule has 0 heterocycles. The lowest BCUT2D eigenvalue weighted by atomic mass is 9.93. The molecule has 0 saturated carbocycles. The van der Waals surface area contributed by atoms with Crippen molar-refractivity contribution in [2.45, 2.75) is 23.0 Å². The molecule has 122 valence electrons. The number of benzene rings is 3. The summed E-state index contributed by atoms with van der Waals surface area (Å²) >= 11 is 0. The third kappa shape index (κ3) is 3.26. The van der Waals surface area contributed by atoms with Crippen molar-refractivity contribution in [1.29, 1.82) is 0 Å². The van der Waals surface area contributed by atoms with Gasteiger partial charge in [-0.1, -0.05) is 85.8 Å². The molecule has 0 spiro atoms. The Bertz CT molecular complexity index is 873. The zero-order valence-electron chi connectivity index (χ0n) is 13.5. The molecule has 0 amide bonds. The van der Waals surface area contributed by atoms with E-state index >= 15 is 0 Å². The van der Waals surface area contributed by atoms with Gasteiger partial charge in [-0.15, -0.1) is 0 Å². The maximum absolute atomic E-state index is 13.3. The number of hydrogen-bond donors (Lipinski definition) is 0. The summed E-state index contributed by atoms with van der Waals surface area (Å²) in [5.74, 6) is -0.154. The molecule has 2 nitrogen and oxygen atoms in total. The molecule has 0 aliphatic rings.